The van der Waals surface area contributed by atoms with Crippen molar-refractivity contribution < 1.29 is 29.7 Å². The highest BCUT2D eigenvalue weighted by molar-refractivity contribution is 5.82. The SMILES string of the molecule is CC(C)C[C@@H](CN1CCCC1)N(Cc1cccc(CN2O[C@@H](CO)[C@@H]([C@H](C)O)[C@H]2C(=O)N[C@H]2C[C@H]3C[C@H]([C@H]2C)C3(C)C)c1)Cc1ccccc1OCCO. The summed E-state index contributed by atoms with van der Waals surface area (Å²) < 4.78 is 5.99. The lowest BCUT2D eigenvalue weighted by Crippen LogP contribution is -2.62. The Balaban J connectivity index is 1.23. The number of amides is 1. The summed E-state index contributed by atoms with van der Waals surface area (Å²) >= 11 is 0. The smallest absolute Gasteiger partial charge is 0.240 e. The Hall–Kier alpha value is -2.57. The van der Waals surface area contributed by atoms with Gasteiger partial charge in [0.05, 0.1) is 25.9 Å². The van der Waals surface area contributed by atoms with Crippen LogP contribution in [0.1, 0.15) is 90.3 Å². The maximum absolute atomic E-state index is 14.2. The van der Waals surface area contributed by atoms with E-state index in [0.717, 1.165) is 55.9 Å². The van der Waals surface area contributed by atoms with Gasteiger partial charge in [0.1, 0.15) is 24.5 Å². The molecule has 0 aromatic heterocycles. The van der Waals surface area contributed by atoms with Crippen LogP contribution in [0.25, 0.3) is 0 Å². The Kier molecular flexibility index (Phi) is 13.8. The summed E-state index contributed by atoms with van der Waals surface area (Å²) in [5.74, 6) is 2.22. The van der Waals surface area contributed by atoms with Crippen LogP contribution in [0.2, 0.25) is 0 Å². The molecule has 5 fully saturated rings. The summed E-state index contributed by atoms with van der Waals surface area (Å²) in [5, 5.41) is 35.9. The molecule has 1 amide bonds. The summed E-state index contributed by atoms with van der Waals surface area (Å²) in [6, 6.07) is 16.4. The average Bonchev–Trinajstić information content (AvgIpc) is 3.79. The summed E-state index contributed by atoms with van der Waals surface area (Å²) in [7, 11) is 0. The number of aliphatic hydroxyl groups is 3. The standard InChI is InChI=1S/C44H68N4O6/c1-29(2)20-36(27-46-16-9-10-17-46)47(26-34-14-7-8-15-39(34)53-19-18-49)24-32-12-11-13-33(21-32)25-48-42(41(31(4)51)40(28-50)54-48)43(52)45-38-23-35-22-37(30(38)3)44(35,5)6/h7-8,11-15,21,29-31,35-38,40-42,49-51H,9-10,16-20,22-28H2,1-6H3,(H,45,52)/t30-,31+,35-,36+,37-,38+,40+,41-,42+/m1/s1. The number of fused-ring (bicyclic) bond motifs is 2. The van der Waals surface area contributed by atoms with Crippen LogP contribution in [0, 0.1) is 35.0 Å². The lowest BCUT2D eigenvalue weighted by molar-refractivity contribution is -0.183. The lowest BCUT2D eigenvalue weighted by atomic mass is 9.45. The van der Waals surface area contributed by atoms with E-state index < -0.39 is 24.2 Å². The zero-order valence-corrected chi connectivity index (χ0v) is 33.7. The molecule has 0 radical (unpaired) electrons. The predicted octanol–water partition coefficient (Wildman–Crippen LogP) is 5.23. The predicted molar refractivity (Wildman–Crippen MR) is 211 cm³/mol. The van der Waals surface area contributed by atoms with Gasteiger partial charge in [-0.3, -0.25) is 14.5 Å². The maximum atomic E-state index is 14.2. The monoisotopic (exact) mass is 749 g/mol. The molecule has 2 bridgehead atoms. The van der Waals surface area contributed by atoms with E-state index in [4.69, 9.17) is 9.57 Å². The fourth-order valence-electron chi connectivity index (χ4n) is 10.3. The number of para-hydroxylation sites is 1. The Morgan fingerprint density at radius 1 is 1.04 bits per heavy atom. The van der Waals surface area contributed by atoms with Crippen molar-refractivity contribution in [1.82, 2.24) is 20.2 Å². The number of nitrogens with zero attached hydrogens (tertiary/aromatic N) is 3. The number of hydrogen-bond acceptors (Lipinski definition) is 9. The van der Waals surface area contributed by atoms with Crippen molar-refractivity contribution in [1.29, 1.82) is 0 Å². The van der Waals surface area contributed by atoms with Crippen molar-refractivity contribution in [3.8, 4) is 5.75 Å². The maximum Gasteiger partial charge on any atom is 0.240 e. The van der Waals surface area contributed by atoms with Crippen LogP contribution in [0.4, 0.5) is 0 Å². The molecule has 0 spiro atoms. The van der Waals surface area contributed by atoms with Crippen molar-refractivity contribution >= 4 is 5.91 Å². The third-order valence-corrected chi connectivity index (χ3v) is 13.4. The third kappa shape index (κ3) is 9.34. The van der Waals surface area contributed by atoms with Crippen molar-refractivity contribution in [3.63, 3.8) is 0 Å². The highest BCUT2D eigenvalue weighted by atomic mass is 16.7. The molecule has 10 nitrogen and oxygen atoms in total. The van der Waals surface area contributed by atoms with Gasteiger partial charge in [0, 0.05) is 43.2 Å². The summed E-state index contributed by atoms with van der Waals surface area (Å²) in [6.45, 7) is 18.3. The highest BCUT2D eigenvalue weighted by Gasteiger charge is 2.57. The molecule has 0 unspecified atom stereocenters. The van der Waals surface area contributed by atoms with Gasteiger partial charge >= 0.3 is 0 Å². The lowest BCUT2D eigenvalue weighted by Gasteiger charge is -2.62. The van der Waals surface area contributed by atoms with Crippen molar-refractivity contribution in [2.45, 2.75) is 124 Å². The van der Waals surface area contributed by atoms with Gasteiger partial charge in [-0.05, 0) is 98.4 Å². The first-order valence-electron chi connectivity index (χ1n) is 20.8. The number of likely N-dealkylation sites (tertiary alicyclic amines) is 1. The molecule has 4 N–H and O–H groups in total. The minimum atomic E-state index is -0.836. The minimum Gasteiger partial charge on any atom is -0.491 e. The average molecular weight is 749 g/mol. The Morgan fingerprint density at radius 3 is 2.44 bits per heavy atom. The topological polar surface area (TPSA) is 118 Å². The van der Waals surface area contributed by atoms with Gasteiger partial charge in [0.25, 0.3) is 0 Å². The fraction of sp³-hybridized carbons (Fsp3) is 0.705. The number of ether oxygens (including phenoxy) is 1. The van der Waals surface area contributed by atoms with Gasteiger partial charge in [-0.15, -0.1) is 0 Å². The van der Waals surface area contributed by atoms with Crippen molar-refractivity contribution in [2.24, 2.45) is 35.0 Å². The van der Waals surface area contributed by atoms with E-state index in [1.807, 2.05) is 12.1 Å². The summed E-state index contributed by atoms with van der Waals surface area (Å²) in [5.41, 5.74) is 3.59. The van der Waals surface area contributed by atoms with E-state index in [2.05, 4.69) is 86.1 Å². The quantitative estimate of drug-likeness (QED) is 0.163. The molecule has 2 aliphatic heterocycles. The molecule has 300 valence electrons. The number of nitrogens with one attached hydrogen (secondary N) is 1. The van der Waals surface area contributed by atoms with E-state index in [-0.39, 0.29) is 31.8 Å². The van der Waals surface area contributed by atoms with E-state index >= 15 is 0 Å². The number of rotatable bonds is 18. The van der Waals surface area contributed by atoms with Gasteiger partial charge < -0.3 is 30.3 Å². The fourth-order valence-corrected chi connectivity index (χ4v) is 10.3. The van der Waals surface area contributed by atoms with E-state index in [0.29, 0.717) is 48.2 Å². The van der Waals surface area contributed by atoms with E-state index in [1.54, 1.807) is 12.0 Å². The van der Waals surface area contributed by atoms with Gasteiger partial charge in [0.15, 0.2) is 0 Å². The number of benzene rings is 2. The van der Waals surface area contributed by atoms with Crippen molar-refractivity contribution in [3.05, 3.63) is 65.2 Å². The van der Waals surface area contributed by atoms with Gasteiger partial charge in [0.2, 0.25) is 5.91 Å². The van der Waals surface area contributed by atoms with Crippen LogP contribution < -0.4 is 10.1 Å². The van der Waals surface area contributed by atoms with Crippen molar-refractivity contribution in [2.75, 3.05) is 39.5 Å². The number of carbonyl (C=O) groups excluding carboxylic acids is 1. The highest BCUT2D eigenvalue weighted by Crippen LogP contribution is 2.61. The summed E-state index contributed by atoms with van der Waals surface area (Å²) in [4.78, 5) is 25.8. The molecule has 2 heterocycles. The Labute approximate surface area is 324 Å². The largest absolute Gasteiger partial charge is 0.491 e. The van der Waals surface area contributed by atoms with Gasteiger partial charge in [-0.25, -0.2) is 0 Å². The third-order valence-electron chi connectivity index (χ3n) is 13.4. The van der Waals surface area contributed by atoms with E-state index in [1.165, 1.54) is 24.8 Å². The number of hydroxylamine groups is 2. The van der Waals surface area contributed by atoms with Gasteiger partial charge in [-0.1, -0.05) is 77.1 Å². The second-order valence-electron chi connectivity index (χ2n) is 17.9. The Bertz CT molecular complexity index is 1510. The molecule has 9 atom stereocenters. The first-order chi connectivity index (χ1) is 25.9. The molecule has 2 saturated heterocycles. The number of carbonyl (C=O) groups is 1. The van der Waals surface area contributed by atoms with Crippen LogP contribution in [-0.2, 0) is 29.3 Å². The van der Waals surface area contributed by atoms with Gasteiger partial charge in [-0.2, -0.15) is 5.06 Å². The zero-order chi connectivity index (χ0) is 38.6. The first-order valence-corrected chi connectivity index (χ1v) is 20.8. The molecule has 5 aliphatic rings. The minimum absolute atomic E-state index is 0.0327. The van der Waals surface area contributed by atoms with Crippen LogP contribution in [0.15, 0.2) is 48.5 Å². The molecule has 54 heavy (non-hydrogen) atoms. The number of hydrogen-bond donors (Lipinski definition) is 4. The van der Waals surface area contributed by atoms with Crippen LogP contribution in [-0.4, -0.2) is 106 Å². The normalized spacial score (nSPS) is 29.4. The van der Waals surface area contributed by atoms with Crippen LogP contribution in [0.3, 0.4) is 0 Å². The first kappa shape index (κ1) is 41.1. The molecule has 10 heteroatoms. The second-order valence-corrected chi connectivity index (χ2v) is 17.9. The van der Waals surface area contributed by atoms with Crippen LogP contribution in [0.5, 0.6) is 5.75 Å². The molecule has 3 saturated carbocycles. The van der Waals surface area contributed by atoms with E-state index in [9.17, 15) is 20.1 Å². The molecule has 2 aromatic rings. The molecular formula is C44H68N4O6. The second kappa shape index (κ2) is 18.1. The Morgan fingerprint density at radius 2 is 1.78 bits per heavy atom. The molecular weight excluding hydrogens is 681 g/mol. The molecule has 2 aromatic carbocycles. The van der Waals surface area contributed by atoms with Crippen LogP contribution >= 0.6 is 0 Å². The zero-order valence-electron chi connectivity index (χ0n) is 33.7. The summed E-state index contributed by atoms with van der Waals surface area (Å²) in [6.07, 6.45) is 4.25. The molecule has 7 rings (SSSR count). The number of aliphatic hydroxyl groups excluding tert-OH is 3. The molecule has 3 aliphatic carbocycles.